The van der Waals surface area contributed by atoms with E-state index in [1.807, 2.05) is 11.8 Å². The molecule has 0 saturated heterocycles. The molecule has 0 aliphatic carbocycles. The maximum atomic E-state index is 4.43. The average Bonchev–Trinajstić information content (AvgIpc) is 2.79. The SMILES string of the molecule is CCCNC(CCSC)Cc1ncnn1CC(C)C. The van der Waals surface area contributed by atoms with Crippen LogP contribution in [0.2, 0.25) is 0 Å². The summed E-state index contributed by atoms with van der Waals surface area (Å²) in [6.45, 7) is 8.67. The molecule has 0 amide bonds. The largest absolute Gasteiger partial charge is 0.314 e. The highest BCUT2D eigenvalue weighted by atomic mass is 32.2. The third kappa shape index (κ3) is 6.43. The van der Waals surface area contributed by atoms with Crippen LogP contribution in [0.25, 0.3) is 0 Å². The molecule has 4 nitrogen and oxygen atoms in total. The zero-order chi connectivity index (χ0) is 14.1. The van der Waals surface area contributed by atoms with Crippen molar-refractivity contribution in [3.05, 3.63) is 12.2 Å². The Morgan fingerprint density at radius 3 is 2.84 bits per heavy atom. The lowest BCUT2D eigenvalue weighted by atomic mass is 10.1. The average molecular weight is 284 g/mol. The molecule has 0 aliphatic heterocycles. The van der Waals surface area contributed by atoms with Crippen molar-refractivity contribution in [2.75, 3.05) is 18.6 Å². The molecule has 1 heterocycles. The summed E-state index contributed by atoms with van der Waals surface area (Å²) in [5.74, 6) is 2.91. The van der Waals surface area contributed by atoms with Gasteiger partial charge in [0.15, 0.2) is 0 Å². The summed E-state index contributed by atoms with van der Waals surface area (Å²) in [7, 11) is 0. The molecule has 1 unspecified atom stereocenters. The maximum absolute atomic E-state index is 4.43. The first-order chi connectivity index (χ1) is 9.17. The van der Waals surface area contributed by atoms with Crippen LogP contribution in [0, 0.1) is 5.92 Å². The number of thioether (sulfide) groups is 1. The van der Waals surface area contributed by atoms with Crippen molar-refractivity contribution in [1.82, 2.24) is 20.1 Å². The van der Waals surface area contributed by atoms with E-state index in [1.165, 1.54) is 18.6 Å². The fourth-order valence-corrected chi connectivity index (χ4v) is 2.57. The summed E-state index contributed by atoms with van der Waals surface area (Å²) < 4.78 is 2.06. The molecule has 19 heavy (non-hydrogen) atoms. The van der Waals surface area contributed by atoms with Gasteiger partial charge < -0.3 is 5.32 Å². The quantitative estimate of drug-likeness (QED) is 0.717. The normalized spacial score (nSPS) is 13.1. The highest BCUT2D eigenvalue weighted by Crippen LogP contribution is 2.08. The van der Waals surface area contributed by atoms with Crippen LogP contribution in [0.5, 0.6) is 0 Å². The predicted molar refractivity (Wildman–Crippen MR) is 83.6 cm³/mol. The molecule has 1 rings (SSSR count). The smallest absolute Gasteiger partial charge is 0.138 e. The first-order valence-electron chi connectivity index (χ1n) is 7.26. The summed E-state index contributed by atoms with van der Waals surface area (Å²) in [4.78, 5) is 4.43. The summed E-state index contributed by atoms with van der Waals surface area (Å²) in [6.07, 6.45) is 7.19. The van der Waals surface area contributed by atoms with Crippen LogP contribution in [-0.2, 0) is 13.0 Å². The molecule has 0 radical (unpaired) electrons. The van der Waals surface area contributed by atoms with Crippen LogP contribution in [-0.4, -0.2) is 39.4 Å². The Morgan fingerprint density at radius 1 is 1.42 bits per heavy atom. The molecule has 0 bridgehead atoms. The first kappa shape index (κ1) is 16.5. The van der Waals surface area contributed by atoms with Gasteiger partial charge in [-0.05, 0) is 37.3 Å². The van der Waals surface area contributed by atoms with Crippen LogP contribution in [0.15, 0.2) is 6.33 Å². The van der Waals surface area contributed by atoms with Gasteiger partial charge in [-0.2, -0.15) is 16.9 Å². The molecule has 1 atom stereocenters. The minimum absolute atomic E-state index is 0.516. The third-order valence-corrected chi connectivity index (χ3v) is 3.66. The number of hydrogen-bond acceptors (Lipinski definition) is 4. The highest BCUT2D eigenvalue weighted by molar-refractivity contribution is 7.98. The van der Waals surface area contributed by atoms with Crippen molar-refractivity contribution in [1.29, 1.82) is 0 Å². The molecule has 1 aromatic heterocycles. The van der Waals surface area contributed by atoms with Crippen molar-refractivity contribution in [2.24, 2.45) is 5.92 Å². The van der Waals surface area contributed by atoms with Crippen LogP contribution >= 0.6 is 11.8 Å². The second-order valence-electron chi connectivity index (χ2n) is 5.39. The summed E-state index contributed by atoms with van der Waals surface area (Å²) in [5.41, 5.74) is 0. The first-order valence-corrected chi connectivity index (χ1v) is 8.65. The number of hydrogen-bond donors (Lipinski definition) is 1. The number of nitrogens with one attached hydrogen (secondary N) is 1. The fraction of sp³-hybridized carbons (Fsp3) is 0.857. The van der Waals surface area contributed by atoms with Crippen LogP contribution < -0.4 is 5.32 Å². The Labute approximate surface area is 121 Å². The molecular formula is C14H28N4S. The maximum Gasteiger partial charge on any atom is 0.138 e. The van der Waals surface area contributed by atoms with E-state index >= 15 is 0 Å². The molecule has 0 spiro atoms. The van der Waals surface area contributed by atoms with Gasteiger partial charge in [-0.1, -0.05) is 20.8 Å². The molecule has 0 fully saturated rings. The topological polar surface area (TPSA) is 42.7 Å². The van der Waals surface area contributed by atoms with Crippen molar-refractivity contribution in [3.8, 4) is 0 Å². The monoisotopic (exact) mass is 284 g/mol. The number of nitrogens with zero attached hydrogens (tertiary/aromatic N) is 3. The molecular weight excluding hydrogens is 256 g/mol. The van der Waals surface area contributed by atoms with Crippen LogP contribution in [0.1, 0.15) is 39.4 Å². The fourth-order valence-electron chi connectivity index (χ4n) is 2.05. The van der Waals surface area contributed by atoms with Crippen LogP contribution in [0.4, 0.5) is 0 Å². The summed E-state index contributed by atoms with van der Waals surface area (Å²) in [5, 5.41) is 7.97. The Bertz CT molecular complexity index is 330. The van der Waals surface area contributed by atoms with Gasteiger partial charge in [0.1, 0.15) is 12.2 Å². The molecule has 1 N–H and O–H groups in total. The molecule has 0 saturated carbocycles. The van der Waals surface area contributed by atoms with Gasteiger partial charge in [-0.3, -0.25) is 0 Å². The number of aromatic nitrogens is 3. The Balaban J connectivity index is 2.58. The van der Waals surface area contributed by atoms with E-state index in [1.54, 1.807) is 6.33 Å². The minimum Gasteiger partial charge on any atom is -0.314 e. The second kappa shape index (κ2) is 9.37. The van der Waals surface area contributed by atoms with Gasteiger partial charge in [0.25, 0.3) is 0 Å². The zero-order valence-corrected chi connectivity index (χ0v) is 13.5. The van der Waals surface area contributed by atoms with Gasteiger partial charge in [-0.15, -0.1) is 0 Å². The number of rotatable bonds is 10. The van der Waals surface area contributed by atoms with Crippen molar-refractivity contribution in [3.63, 3.8) is 0 Å². The van der Waals surface area contributed by atoms with E-state index in [4.69, 9.17) is 0 Å². The van der Waals surface area contributed by atoms with Gasteiger partial charge in [0, 0.05) is 19.0 Å². The lowest BCUT2D eigenvalue weighted by Gasteiger charge is -2.18. The van der Waals surface area contributed by atoms with Crippen molar-refractivity contribution < 1.29 is 0 Å². The molecule has 1 aromatic rings. The highest BCUT2D eigenvalue weighted by Gasteiger charge is 2.13. The predicted octanol–water partition coefficient (Wildman–Crippen LogP) is 2.60. The molecule has 0 aliphatic rings. The summed E-state index contributed by atoms with van der Waals surface area (Å²) >= 11 is 1.91. The third-order valence-electron chi connectivity index (χ3n) is 3.02. The zero-order valence-electron chi connectivity index (χ0n) is 12.7. The van der Waals surface area contributed by atoms with E-state index in [9.17, 15) is 0 Å². The molecule has 5 heteroatoms. The van der Waals surface area contributed by atoms with Crippen molar-refractivity contribution in [2.45, 2.75) is 52.6 Å². The van der Waals surface area contributed by atoms with E-state index in [0.29, 0.717) is 12.0 Å². The second-order valence-corrected chi connectivity index (χ2v) is 6.37. The lowest BCUT2D eigenvalue weighted by Crippen LogP contribution is -2.33. The van der Waals surface area contributed by atoms with E-state index in [0.717, 1.165) is 25.3 Å². The Morgan fingerprint density at radius 2 is 2.21 bits per heavy atom. The molecule has 110 valence electrons. The van der Waals surface area contributed by atoms with E-state index in [2.05, 4.69) is 47.1 Å². The lowest BCUT2D eigenvalue weighted by molar-refractivity contribution is 0.435. The standard InChI is InChI=1S/C14H28N4S/c1-5-7-15-13(6-8-19-4)9-14-16-11-17-18(14)10-12(2)3/h11-13,15H,5-10H2,1-4H3. The van der Waals surface area contributed by atoms with Crippen LogP contribution in [0.3, 0.4) is 0 Å². The van der Waals surface area contributed by atoms with Gasteiger partial charge in [-0.25, -0.2) is 9.67 Å². The Kier molecular flexibility index (Phi) is 8.14. The van der Waals surface area contributed by atoms with E-state index < -0.39 is 0 Å². The summed E-state index contributed by atoms with van der Waals surface area (Å²) in [6, 6.07) is 0.516. The van der Waals surface area contributed by atoms with E-state index in [-0.39, 0.29) is 0 Å². The van der Waals surface area contributed by atoms with Gasteiger partial charge in [0.2, 0.25) is 0 Å². The minimum atomic E-state index is 0.516. The Hall–Kier alpha value is -0.550. The van der Waals surface area contributed by atoms with Gasteiger partial charge in [0.05, 0.1) is 0 Å². The molecule has 0 aromatic carbocycles. The van der Waals surface area contributed by atoms with Gasteiger partial charge >= 0.3 is 0 Å². The van der Waals surface area contributed by atoms with Crippen molar-refractivity contribution >= 4 is 11.8 Å².